The molecule has 11 heteroatoms. The highest BCUT2D eigenvalue weighted by Gasteiger charge is 2.31. The maximum atomic E-state index is 14.3. The van der Waals surface area contributed by atoms with Crippen molar-refractivity contribution in [3.8, 4) is 17.0 Å². The van der Waals surface area contributed by atoms with E-state index >= 15 is 0 Å². The first-order valence-electron chi connectivity index (χ1n) is 18.7. The van der Waals surface area contributed by atoms with Gasteiger partial charge in [-0.15, -0.1) is 0 Å². The van der Waals surface area contributed by atoms with Gasteiger partial charge in [0.2, 0.25) is 0 Å². The smallest absolute Gasteiger partial charge is 0.303 e. The maximum absolute atomic E-state index is 14.3. The molecule has 0 radical (unpaired) electrons. The normalized spacial score (nSPS) is 24.4. The van der Waals surface area contributed by atoms with Crippen LogP contribution in [-0.2, 0) is 26.3 Å². The minimum absolute atomic E-state index is 0.00683. The van der Waals surface area contributed by atoms with Crippen LogP contribution in [0.5, 0.6) is 5.75 Å². The van der Waals surface area contributed by atoms with Gasteiger partial charge in [-0.05, 0) is 66.3 Å². The minimum atomic E-state index is -4.93. The number of fused-ring (bicyclic) bond motifs is 4. The number of benzene rings is 2. The largest absolute Gasteiger partial charge is 0.497 e. The summed E-state index contributed by atoms with van der Waals surface area (Å²) in [5.74, 6) is -1.89. The Morgan fingerprint density at radius 2 is 1.86 bits per heavy atom. The number of hydrogen-bond donors (Lipinski definition) is 1. The van der Waals surface area contributed by atoms with Crippen molar-refractivity contribution in [2.24, 2.45) is 0 Å². The maximum Gasteiger partial charge on any atom is 0.303 e. The molecule has 0 saturated heterocycles. The molecule has 43 heavy (non-hydrogen) atoms. The van der Waals surface area contributed by atoms with Crippen LogP contribution in [0.25, 0.3) is 28.2 Å². The van der Waals surface area contributed by atoms with Crippen LogP contribution in [0.15, 0.2) is 42.0 Å². The van der Waals surface area contributed by atoms with Crippen molar-refractivity contribution < 1.29 is 39.8 Å². The molecule has 3 aromatic rings. The Balaban J connectivity index is 1.62. The third kappa shape index (κ3) is 5.57. The summed E-state index contributed by atoms with van der Waals surface area (Å²) >= 11 is 0. The first kappa shape index (κ1) is 20.3. The average Bonchev–Trinajstić information content (AvgIpc) is 3.24. The van der Waals surface area contributed by atoms with Crippen LogP contribution in [0.2, 0.25) is 0 Å². The summed E-state index contributed by atoms with van der Waals surface area (Å²) < 4.78 is 112. The number of aromatic nitrogens is 1. The predicted molar refractivity (Wildman–Crippen MR) is 165 cm³/mol. The number of nitrogens with zero attached hydrogens (tertiary/aromatic N) is 3. The topological polar surface area (TPSA) is 110 Å². The second-order valence-corrected chi connectivity index (χ2v) is 12.6. The van der Waals surface area contributed by atoms with Crippen molar-refractivity contribution in [2.75, 3.05) is 47.3 Å². The van der Waals surface area contributed by atoms with Gasteiger partial charge < -0.3 is 18.9 Å². The summed E-state index contributed by atoms with van der Waals surface area (Å²) in [4.78, 5) is 28.5. The summed E-state index contributed by atoms with van der Waals surface area (Å²) in [6.07, 6.45) is 6.19. The molecule has 6 rings (SSSR count). The molecule has 1 aliphatic carbocycles. The van der Waals surface area contributed by atoms with Crippen LogP contribution in [0.4, 0.5) is 0 Å². The first-order valence-corrected chi connectivity index (χ1v) is 15.6. The Hall–Kier alpha value is -3.67. The van der Waals surface area contributed by atoms with Crippen molar-refractivity contribution in [3.63, 3.8) is 0 Å². The Kier molecular flexibility index (Phi) is 5.57. The molecule has 0 unspecified atom stereocenters. The van der Waals surface area contributed by atoms with Crippen LogP contribution in [0.1, 0.15) is 71.8 Å². The molecule has 0 spiro atoms. The van der Waals surface area contributed by atoms with Gasteiger partial charge in [0, 0.05) is 62.9 Å². The number of carbonyl (C=O) groups is 2. The van der Waals surface area contributed by atoms with E-state index < -0.39 is 69.3 Å². The van der Waals surface area contributed by atoms with E-state index in [0.717, 1.165) is 43.1 Å². The van der Waals surface area contributed by atoms with Gasteiger partial charge in [-0.25, -0.2) is 4.72 Å². The molecule has 1 N–H and O–H groups in total. The molecule has 0 atom stereocenters. The lowest BCUT2D eigenvalue weighted by Gasteiger charge is -2.24. The number of rotatable bonds is 2. The van der Waals surface area contributed by atoms with Gasteiger partial charge in [0.05, 0.1) is 36.6 Å². The summed E-state index contributed by atoms with van der Waals surface area (Å²) in [6.45, 7) is -8.36. The van der Waals surface area contributed by atoms with Crippen molar-refractivity contribution in [3.05, 3.63) is 58.7 Å². The molecule has 1 aromatic heterocycles. The Bertz CT molecular complexity index is 2030. The molecule has 228 valence electrons. The van der Waals surface area contributed by atoms with Crippen LogP contribution in [-0.4, -0.2) is 81.3 Å². The highest BCUT2D eigenvalue weighted by atomic mass is 32.2. The zero-order valence-electron chi connectivity index (χ0n) is 32.4. The van der Waals surface area contributed by atoms with E-state index in [9.17, 15) is 18.0 Å². The number of amides is 2. The van der Waals surface area contributed by atoms with Crippen molar-refractivity contribution in [2.45, 2.75) is 44.6 Å². The first-order chi connectivity index (χ1) is 24.2. The van der Waals surface area contributed by atoms with Crippen molar-refractivity contribution in [1.29, 1.82) is 0 Å². The van der Waals surface area contributed by atoms with E-state index in [2.05, 4.69) is 0 Å². The van der Waals surface area contributed by atoms with Gasteiger partial charge in [-0.2, -0.15) is 12.7 Å². The summed E-state index contributed by atoms with van der Waals surface area (Å²) in [5.41, 5.74) is 3.00. The van der Waals surface area contributed by atoms with Gasteiger partial charge in [0.25, 0.3) is 11.8 Å². The van der Waals surface area contributed by atoms with Crippen LogP contribution in [0.3, 0.4) is 0 Å². The average molecular weight is 616 g/mol. The van der Waals surface area contributed by atoms with Gasteiger partial charge in [0.15, 0.2) is 0 Å². The number of methoxy groups -OCH3 is 1. The van der Waals surface area contributed by atoms with E-state index in [1.165, 1.54) is 30.3 Å². The predicted octanol–water partition coefficient (Wildman–Crippen LogP) is 4.16. The lowest BCUT2D eigenvalue weighted by molar-refractivity contribution is -0.126. The van der Waals surface area contributed by atoms with Crippen LogP contribution >= 0.6 is 0 Å². The monoisotopic (exact) mass is 615 g/mol. The number of ether oxygens (including phenoxy) is 2. The fourth-order valence-electron chi connectivity index (χ4n) is 6.28. The zero-order chi connectivity index (χ0) is 37.8. The Morgan fingerprint density at radius 3 is 2.65 bits per heavy atom. The quantitative estimate of drug-likeness (QED) is 0.464. The van der Waals surface area contributed by atoms with Crippen LogP contribution in [0, 0.1) is 0 Å². The van der Waals surface area contributed by atoms with Crippen molar-refractivity contribution >= 4 is 39.0 Å². The Morgan fingerprint density at radius 1 is 1.02 bits per heavy atom. The SMILES string of the molecule is [2H]C([2H])([2H])Oc1ccc2c(c1)C=C1Cn3c-2c(C2CCCCC2)c2ccc(cc23)C(=O)NS(=O)(=O)N(C([2H])([2H])[2H])CCOCCN(C([2H])([2H])[2H])C1=O. The molecular weight excluding hydrogens is 568 g/mol. The minimum Gasteiger partial charge on any atom is -0.497 e. The molecule has 3 heterocycles. The molecule has 1 fully saturated rings. The second-order valence-electron chi connectivity index (χ2n) is 11.0. The van der Waals surface area contributed by atoms with E-state index in [-0.39, 0.29) is 33.7 Å². The van der Waals surface area contributed by atoms with Gasteiger partial charge >= 0.3 is 10.2 Å². The molecular formula is C32H38N4O6S. The molecule has 1 saturated carbocycles. The fourth-order valence-corrected chi connectivity index (χ4v) is 7.06. The lowest BCUT2D eigenvalue weighted by Crippen LogP contribution is -2.42. The Labute approximate surface area is 265 Å². The third-order valence-corrected chi connectivity index (χ3v) is 9.57. The number of carbonyl (C=O) groups excluding carboxylic acids is 2. The van der Waals surface area contributed by atoms with E-state index in [4.69, 9.17) is 21.8 Å². The number of hydrogen-bond acceptors (Lipinski definition) is 6. The van der Waals surface area contributed by atoms with E-state index in [1.54, 1.807) is 16.7 Å². The van der Waals surface area contributed by atoms with Gasteiger partial charge in [0.1, 0.15) is 5.75 Å². The third-order valence-electron chi connectivity index (χ3n) is 8.36. The standard InChI is InChI=1S/C32H38N4O6S/c1-34-13-15-42-16-14-35(2)43(39,40)33-31(37)22-9-11-27-28(19-22)36-20-24(32(34)38)17-23-18-25(41-3)10-12-26(23)30(36)29(27)21-7-5-4-6-8-21/h9-12,17-19,21H,4-8,13-16,20H2,1-3H3,(H,33,37)/i1D3,2D3,3D3. The molecule has 2 aliphatic heterocycles. The molecule has 10 nitrogen and oxygen atoms in total. The van der Waals surface area contributed by atoms with Crippen LogP contribution < -0.4 is 9.46 Å². The number of likely N-dealkylation sites (N-methyl/N-ethyl adjacent to an activating group) is 2. The molecule has 2 amide bonds. The summed E-state index contributed by atoms with van der Waals surface area (Å²) in [6, 6.07) is 9.28. The second kappa shape index (κ2) is 11.8. The van der Waals surface area contributed by atoms with E-state index in [0.29, 0.717) is 27.2 Å². The highest BCUT2D eigenvalue weighted by Crippen LogP contribution is 2.47. The van der Waals surface area contributed by atoms with Crippen molar-refractivity contribution in [1.82, 2.24) is 18.5 Å². The molecule has 2 aromatic carbocycles. The summed E-state index contributed by atoms with van der Waals surface area (Å²) in [7, 11) is -7.70. The van der Waals surface area contributed by atoms with Gasteiger partial charge in [-0.3, -0.25) is 9.59 Å². The van der Waals surface area contributed by atoms with Gasteiger partial charge in [-0.1, -0.05) is 25.3 Å². The highest BCUT2D eigenvalue weighted by molar-refractivity contribution is 7.87. The molecule has 4 bridgehead atoms. The fraction of sp³-hybridized carbons (Fsp3) is 0.438. The summed E-state index contributed by atoms with van der Waals surface area (Å²) in [5, 5.41) is 0.729. The zero-order valence-corrected chi connectivity index (χ0v) is 24.2. The number of nitrogens with one attached hydrogen (secondary N) is 1. The molecule has 3 aliphatic rings. The lowest BCUT2D eigenvalue weighted by atomic mass is 9.81. The van der Waals surface area contributed by atoms with E-state index in [1.807, 2.05) is 4.72 Å².